The number of terminal acetylenes is 1. The number of fused-ring (bicyclic) bond motifs is 2. The molecule has 3 aromatic rings. The molecule has 0 radical (unpaired) electrons. The van der Waals surface area contributed by atoms with Gasteiger partial charge in [-0.25, -0.2) is 0 Å². The summed E-state index contributed by atoms with van der Waals surface area (Å²) in [4.78, 5) is 15.3. The Labute approximate surface area is 194 Å². The number of rotatable bonds is 6. The molecule has 166 valence electrons. The monoisotopic (exact) mass is 438 g/mol. The average Bonchev–Trinajstić information content (AvgIpc) is 3.16. The van der Waals surface area contributed by atoms with E-state index in [0.717, 1.165) is 5.56 Å². The minimum Gasteiger partial charge on any atom is -0.343 e. The maximum absolute atomic E-state index is 12.9. The van der Waals surface area contributed by atoms with Gasteiger partial charge >= 0.3 is 0 Å². The van der Waals surface area contributed by atoms with Crippen molar-refractivity contribution >= 4 is 5.91 Å². The molecule has 5 heteroatoms. The predicted octanol–water partition coefficient (Wildman–Crippen LogP) is 3.48. The first kappa shape index (κ1) is 21.4. The molecule has 3 aromatic carbocycles. The molecule has 2 aliphatic heterocycles. The van der Waals surface area contributed by atoms with Crippen LogP contribution in [-0.2, 0) is 20.1 Å². The van der Waals surface area contributed by atoms with Gasteiger partial charge in [0.05, 0.1) is 19.1 Å². The number of morpholine rings is 1. The third-order valence-corrected chi connectivity index (χ3v) is 6.25. The summed E-state index contributed by atoms with van der Waals surface area (Å²) in [5.41, 5.74) is 3.26. The van der Waals surface area contributed by atoms with E-state index in [0.29, 0.717) is 13.1 Å². The number of hydrogen-bond donors (Lipinski definition) is 1. The van der Waals surface area contributed by atoms with Crippen molar-refractivity contribution in [1.29, 1.82) is 0 Å². The molecule has 5 rings (SSSR count). The van der Waals surface area contributed by atoms with Crippen molar-refractivity contribution in [2.24, 2.45) is 0 Å². The van der Waals surface area contributed by atoms with Crippen LogP contribution in [0.15, 0.2) is 91.0 Å². The third-order valence-electron chi connectivity index (χ3n) is 6.25. The topological polar surface area (TPSA) is 50.8 Å². The molecule has 0 aliphatic carbocycles. The summed E-state index contributed by atoms with van der Waals surface area (Å²) in [5.74, 6) is 1.17. The molecule has 0 saturated carbocycles. The second-order valence-corrected chi connectivity index (χ2v) is 8.39. The van der Waals surface area contributed by atoms with Crippen LogP contribution >= 0.6 is 0 Å². The van der Waals surface area contributed by atoms with Crippen molar-refractivity contribution in [2.45, 2.75) is 24.0 Å². The van der Waals surface area contributed by atoms with Crippen molar-refractivity contribution in [1.82, 2.24) is 10.2 Å². The Kier molecular flexibility index (Phi) is 5.97. The highest BCUT2D eigenvalue weighted by atomic mass is 16.8. The first-order chi connectivity index (χ1) is 16.2. The van der Waals surface area contributed by atoms with Crippen molar-refractivity contribution in [3.05, 3.63) is 108 Å². The molecule has 2 heterocycles. The number of hydrogen-bond acceptors (Lipinski definition) is 4. The number of nitrogens with one attached hydrogen (secondary N) is 1. The SMILES string of the molecule is C#CCNC(=O)[C@@H]1O[C@@]2(c3ccccc3)CN(C(c3ccccc3)c3ccccc3)C[C@@H]1O2. The highest BCUT2D eigenvalue weighted by Crippen LogP contribution is 2.45. The number of carbonyl (C=O) groups is 1. The van der Waals surface area contributed by atoms with Gasteiger partial charge in [0.2, 0.25) is 5.79 Å². The molecule has 3 atom stereocenters. The molecule has 2 fully saturated rings. The number of benzene rings is 3. The lowest BCUT2D eigenvalue weighted by Crippen LogP contribution is -2.51. The van der Waals surface area contributed by atoms with E-state index < -0.39 is 18.0 Å². The standard InChI is InChI=1S/C28H26N2O3/c1-2-18-29-27(31)26-24-19-30(20-28(32-24,33-26)23-16-10-5-11-17-23)25(21-12-6-3-7-13-21)22-14-8-4-9-15-22/h1,3-17,24-26H,18-20H2,(H,29,31)/t24-,26+,28+/m0/s1. The first-order valence-electron chi connectivity index (χ1n) is 11.2. The van der Waals surface area contributed by atoms with Crippen molar-refractivity contribution in [2.75, 3.05) is 19.6 Å². The van der Waals surface area contributed by atoms with Gasteiger partial charge in [-0.2, -0.15) is 0 Å². The van der Waals surface area contributed by atoms with Gasteiger partial charge < -0.3 is 14.8 Å². The van der Waals surface area contributed by atoms with Gasteiger partial charge in [0.1, 0.15) is 6.10 Å². The fraction of sp³-hybridized carbons (Fsp3) is 0.250. The van der Waals surface area contributed by atoms with Crippen molar-refractivity contribution in [3.8, 4) is 12.3 Å². The summed E-state index contributed by atoms with van der Waals surface area (Å²) >= 11 is 0. The minimum absolute atomic E-state index is 0.00185. The number of nitrogens with zero attached hydrogens (tertiary/aromatic N) is 1. The summed E-state index contributed by atoms with van der Waals surface area (Å²) < 4.78 is 12.9. The van der Waals surface area contributed by atoms with Gasteiger partial charge in [-0.1, -0.05) is 96.9 Å². The highest BCUT2D eigenvalue weighted by Gasteiger charge is 2.57. The molecular formula is C28H26N2O3. The highest BCUT2D eigenvalue weighted by molar-refractivity contribution is 5.82. The molecule has 2 aliphatic rings. The van der Waals surface area contributed by atoms with Crippen LogP contribution in [0, 0.1) is 12.3 Å². The molecule has 1 N–H and O–H groups in total. The zero-order chi connectivity index (χ0) is 22.7. The average molecular weight is 439 g/mol. The zero-order valence-electron chi connectivity index (χ0n) is 18.3. The molecule has 0 aromatic heterocycles. The third kappa shape index (κ3) is 4.17. The van der Waals surface area contributed by atoms with Crippen LogP contribution in [-0.4, -0.2) is 42.6 Å². The Morgan fingerprint density at radius 3 is 2.12 bits per heavy atom. The second kappa shape index (κ2) is 9.21. The smallest absolute Gasteiger partial charge is 0.252 e. The van der Waals surface area contributed by atoms with Crippen LogP contribution in [0.1, 0.15) is 22.7 Å². The lowest BCUT2D eigenvalue weighted by molar-refractivity contribution is -0.220. The molecule has 33 heavy (non-hydrogen) atoms. The molecule has 2 bridgehead atoms. The van der Waals surface area contributed by atoms with Crippen LogP contribution in [0.3, 0.4) is 0 Å². The van der Waals surface area contributed by atoms with Gasteiger partial charge in [-0.3, -0.25) is 9.69 Å². The maximum atomic E-state index is 12.9. The minimum atomic E-state index is -1.04. The van der Waals surface area contributed by atoms with E-state index in [9.17, 15) is 4.79 Å². The zero-order valence-corrected chi connectivity index (χ0v) is 18.3. The van der Waals surface area contributed by atoms with E-state index >= 15 is 0 Å². The number of amides is 1. The van der Waals surface area contributed by atoms with Gasteiger partial charge in [-0.05, 0) is 11.1 Å². The summed E-state index contributed by atoms with van der Waals surface area (Å²) in [6.45, 7) is 1.20. The Balaban J connectivity index is 1.55. The van der Waals surface area contributed by atoms with E-state index in [-0.39, 0.29) is 18.5 Å². The Morgan fingerprint density at radius 2 is 1.55 bits per heavy atom. The molecule has 0 unspecified atom stereocenters. The molecule has 5 nitrogen and oxygen atoms in total. The largest absolute Gasteiger partial charge is 0.343 e. The second-order valence-electron chi connectivity index (χ2n) is 8.39. The van der Waals surface area contributed by atoms with Gasteiger partial charge in [0.25, 0.3) is 5.91 Å². The molecule has 1 amide bonds. The Hall–Kier alpha value is -3.43. The summed E-state index contributed by atoms with van der Waals surface area (Å²) in [6.07, 6.45) is 4.18. The van der Waals surface area contributed by atoms with E-state index in [1.165, 1.54) is 11.1 Å². The first-order valence-corrected chi connectivity index (χ1v) is 11.2. The molecule has 0 spiro atoms. The lowest BCUT2D eigenvalue weighted by atomic mass is 9.94. The Bertz CT molecular complexity index is 1090. The Morgan fingerprint density at radius 1 is 0.970 bits per heavy atom. The van der Waals surface area contributed by atoms with E-state index in [4.69, 9.17) is 15.9 Å². The van der Waals surface area contributed by atoms with Crippen LogP contribution in [0.4, 0.5) is 0 Å². The van der Waals surface area contributed by atoms with Gasteiger partial charge in [0, 0.05) is 12.1 Å². The van der Waals surface area contributed by atoms with Crippen LogP contribution in [0.25, 0.3) is 0 Å². The van der Waals surface area contributed by atoms with E-state index in [2.05, 4.69) is 64.7 Å². The normalized spacial score (nSPS) is 24.4. The fourth-order valence-corrected chi connectivity index (χ4v) is 4.85. The lowest BCUT2D eigenvalue weighted by Gasteiger charge is -2.42. The van der Waals surface area contributed by atoms with E-state index in [1.807, 2.05) is 42.5 Å². The van der Waals surface area contributed by atoms with Crippen molar-refractivity contribution < 1.29 is 14.3 Å². The molecule has 2 saturated heterocycles. The quantitative estimate of drug-likeness (QED) is 0.599. The van der Waals surface area contributed by atoms with Gasteiger partial charge in [-0.15, -0.1) is 6.42 Å². The number of carbonyl (C=O) groups excluding carboxylic acids is 1. The predicted molar refractivity (Wildman–Crippen MR) is 126 cm³/mol. The van der Waals surface area contributed by atoms with Gasteiger partial charge in [0.15, 0.2) is 6.10 Å². The summed E-state index contributed by atoms with van der Waals surface area (Å²) in [6, 6.07) is 30.7. The van der Waals surface area contributed by atoms with E-state index in [1.54, 1.807) is 0 Å². The number of ether oxygens (including phenoxy) is 2. The van der Waals surface area contributed by atoms with Crippen LogP contribution < -0.4 is 5.32 Å². The van der Waals surface area contributed by atoms with Crippen LogP contribution in [0.2, 0.25) is 0 Å². The van der Waals surface area contributed by atoms with Crippen molar-refractivity contribution in [3.63, 3.8) is 0 Å². The summed E-state index contributed by atoms with van der Waals surface area (Å²) in [7, 11) is 0. The summed E-state index contributed by atoms with van der Waals surface area (Å²) in [5, 5.41) is 2.76. The van der Waals surface area contributed by atoms with Crippen LogP contribution in [0.5, 0.6) is 0 Å². The molecular weight excluding hydrogens is 412 g/mol. The maximum Gasteiger partial charge on any atom is 0.252 e. The fourth-order valence-electron chi connectivity index (χ4n) is 4.85.